The lowest BCUT2D eigenvalue weighted by Crippen LogP contribution is -2.31. The van der Waals surface area contributed by atoms with Crippen molar-refractivity contribution in [2.45, 2.75) is 24.3 Å². The van der Waals surface area contributed by atoms with E-state index in [1.54, 1.807) is 17.8 Å². The van der Waals surface area contributed by atoms with Gasteiger partial charge in [0.15, 0.2) is 0 Å². The third kappa shape index (κ3) is 6.12. The largest absolute Gasteiger partial charge is 0.394 e. The number of ether oxygens (including phenoxy) is 1. The Morgan fingerprint density at radius 1 is 1.30 bits per heavy atom. The minimum absolute atomic E-state index is 0.00881. The highest BCUT2D eigenvalue weighted by Crippen LogP contribution is 2.17. The van der Waals surface area contributed by atoms with Crippen LogP contribution in [-0.4, -0.2) is 78.9 Å². The van der Waals surface area contributed by atoms with Crippen molar-refractivity contribution in [1.29, 1.82) is 0 Å². The molecule has 8 nitrogen and oxygen atoms in total. The van der Waals surface area contributed by atoms with E-state index in [4.69, 9.17) is 9.84 Å². The molecule has 0 fully saturated rings. The zero-order valence-electron chi connectivity index (χ0n) is 15.7. The number of imidazole rings is 1. The van der Waals surface area contributed by atoms with Gasteiger partial charge in [0.25, 0.3) is 0 Å². The molecule has 2 N–H and O–H groups in total. The lowest BCUT2D eigenvalue weighted by Gasteiger charge is -2.20. The number of likely N-dealkylation sites (N-methyl/N-ethyl adjacent to an activating group) is 1. The quantitative estimate of drug-likeness (QED) is 0.555. The number of nitrogens with zero attached hydrogens (tertiary/aromatic N) is 3. The van der Waals surface area contributed by atoms with Crippen LogP contribution in [0.5, 0.6) is 0 Å². The van der Waals surface area contributed by atoms with E-state index in [-0.39, 0.29) is 30.7 Å². The molecule has 0 bridgehead atoms. The minimum Gasteiger partial charge on any atom is -0.394 e. The standard InChI is InChI=1S/C18H27N3O5S/c1-20(13-17(23)14-22)12-16-10-19-18(27(24,25)9-8-26-2)21(16)11-15-6-4-3-5-7-15/h3-7,10,17,22-23H,8-9,11-14H2,1-2H3/t17-/m0/s1. The second-order valence-corrected chi connectivity index (χ2v) is 8.45. The molecule has 1 heterocycles. The third-order valence-corrected chi connectivity index (χ3v) is 5.67. The van der Waals surface area contributed by atoms with Gasteiger partial charge in [0.2, 0.25) is 15.0 Å². The van der Waals surface area contributed by atoms with Crippen molar-refractivity contribution < 1.29 is 23.4 Å². The van der Waals surface area contributed by atoms with Crippen LogP contribution in [-0.2, 0) is 27.7 Å². The zero-order valence-corrected chi connectivity index (χ0v) is 16.5. The SMILES string of the molecule is COCCS(=O)(=O)c1ncc(CN(C)C[C@H](O)CO)n1Cc1ccccc1. The third-order valence-electron chi connectivity index (χ3n) is 4.08. The number of benzene rings is 1. The number of sulfone groups is 1. The van der Waals surface area contributed by atoms with Crippen molar-refractivity contribution in [2.24, 2.45) is 0 Å². The number of rotatable bonds is 11. The van der Waals surface area contributed by atoms with Gasteiger partial charge in [-0.05, 0) is 12.6 Å². The summed E-state index contributed by atoms with van der Waals surface area (Å²) >= 11 is 0. The molecule has 0 saturated carbocycles. The summed E-state index contributed by atoms with van der Waals surface area (Å²) < 4.78 is 31.9. The predicted molar refractivity (Wildman–Crippen MR) is 101 cm³/mol. The van der Waals surface area contributed by atoms with Gasteiger partial charge in [0, 0.05) is 20.2 Å². The van der Waals surface area contributed by atoms with Crippen LogP contribution in [0.15, 0.2) is 41.7 Å². The molecule has 0 amide bonds. The number of aliphatic hydroxyl groups excluding tert-OH is 2. The van der Waals surface area contributed by atoms with Gasteiger partial charge in [-0.2, -0.15) is 0 Å². The number of methoxy groups -OCH3 is 1. The molecule has 0 spiro atoms. The molecule has 1 aromatic carbocycles. The normalized spacial score (nSPS) is 13.2. The molecule has 2 aromatic rings. The molecular weight excluding hydrogens is 370 g/mol. The van der Waals surface area contributed by atoms with Crippen molar-refractivity contribution in [3.8, 4) is 0 Å². The van der Waals surface area contributed by atoms with Gasteiger partial charge < -0.3 is 19.5 Å². The molecule has 150 valence electrons. The number of aromatic nitrogens is 2. The monoisotopic (exact) mass is 397 g/mol. The maximum absolute atomic E-state index is 12.7. The maximum Gasteiger partial charge on any atom is 0.228 e. The number of hydrogen-bond donors (Lipinski definition) is 2. The summed E-state index contributed by atoms with van der Waals surface area (Å²) in [4.78, 5) is 5.98. The van der Waals surface area contributed by atoms with Gasteiger partial charge >= 0.3 is 0 Å². The molecule has 9 heteroatoms. The Hall–Kier alpha value is -1.78. The topological polar surface area (TPSA) is 105 Å². The van der Waals surface area contributed by atoms with Crippen LogP contribution in [0.3, 0.4) is 0 Å². The van der Waals surface area contributed by atoms with E-state index in [2.05, 4.69) is 4.98 Å². The van der Waals surface area contributed by atoms with E-state index < -0.39 is 15.9 Å². The van der Waals surface area contributed by atoms with Crippen molar-refractivity contribution in [2.75, 3.05) is 39.7 Å². The first-order chi connectivity index (χ1) is 12.9. The van der Waals surface area contributed by atoms with E-state index in [1.165, 1.54) is 7.11 Å². The smallest absolute Gasteiger partial charge is 0.228 e. The van der Waals surface area contributed by atoms with Gasteiger partial charge in [-0.1, -0.05) is 30.3 Å². The predicted octanol–water partition coefficient (Wildman–Crippen LogP) is 0.137. The molecule has 0 saturated heterocycles. The summed E-state index contributed by atoms with van der Waals surface area (Å²) in [6, 6.07) is 9.55. The summed E-state index contributed by atoms with van der Waals surface area (Å²) in [7, 11) is -0.350. The summed E-state index contributed by atoms with van der Waals surface area (Å²) in [5, 5.41) is 18.6. The Balaban J connectivity index is 2.33. The van der Waals surface area contributed by atoms with Crippen molar-refractivity contribution in [1.82, 2.24) is 14.5 Å². The summed E-state index contributed by atoms with van der Waals surface area (Å²) in [6.45, 7) is 0.784. The van der Waals surface area contributed by atoms with E-state index >= 15 is 0 Å². The van der Waals surface area contributed by atoms with Gasteiger partial charge in [-0.15, -0.1) is 0 Å². The Morgan fingerprint density at radius 2 is 2.00 bits per heavy atom. The molecule has 0 aliphatic heterocycles. The van der Waals surface area contributed by atoms with Crippen LogP contribution in [0, 0.1) is 0 Å². The summed E-state index contributed by atoms with van der Waals surface area (Å²) in [5.41, 5.74) is 1.67. The highest BCUT2D eigenvalue weighted by atomic mass is 32.2. The highest BCUT2D eigenvalue weighted by molar-refractivity contribution is 7.91. The Morgan fingerprint density at radius 3 is 2.63 bits per heavy atom. The number of aliphatic hydroxyl groups is 2. The molecule has 0 aliphatic carbocycles. The van der Waals surface area contributed by atoms with E-state index in [9.17, 15) is 13.5 Å². The van der Waals surface area contributed by atoms with Gasteiger partial charge in [0.1, 0.15) is 0 Å². The van der Waals surface area contributed by atoms with Crippen molar-refractivity contribution >= 4 is 9.84 Å². The molecule has 2 rings (SSSR count). The van der Waals surface area contributed by atoms with E-state index in [1.807, 2.05) is 35.2 Å². The molecule has 1 aromatic heterocycles. The van der Waals surface area contributed by atoms with Gasteiger partial charge in [-0.3, -0.25) is 4.90 Å². The van der Waals surface area contributed by atoms with Crippen molar-refractivity contribution in [3.63, 3.8) is 0 Å². The van der Waals surface area contributed by atoms with Crippen LogP contribution >= 0.6 is 0 Å². The van der Waals surface area contributed by atoms with Crippen LogP contribution in [0.2, 0.25) is 0 Å². The Kier molecular flexibility index (Phi) is 7.93. The van der Waals surface area contributed by atoms with Crippen LogP contribution in [0.1, 0.15) is 11.3 Å². The fourth-order valence-electron chi connectivity index (χ4n) is 2.74. The molecule has 0 radical (unpaired) electrons. The van der Waals surface area contributed by atoms with Crippen molar-refractivity contribution in [3.05, 3.63) is 47.8 Å². The average Bonchev–Trinajstić information content (AvgIpc) is 3.03. The first-order valence-corrected chi connectivity index (χ1v) is 10.3. The van der Waals surface area contributed by atoms with Crippen LogP contribution in [0.25, 0.3) is 0 Å². The van der Waals surface area contributed by atoms with Gasteiger partial charge in [0.05, 0.1) is 43.5 Å². The number of hydrogen-bond acceptors (Lipinski definition) is 7. The summed E-state index contributed by atoms with van der Waals surface area (Å²) in [6.07, 6.45) is 0.690. The van der Waals surface area contributed by atoms with E-state index in [0.717, 1.165) is 5.56 Å². The lowest BCUT2D eigenvalue weighted by molar-refractivity contribution is 0.0642. The molecular formula is C18H27N3O5S. The first-order valence-electron chi connectivity index (χ1n) is 8.65. The Bertz CT molecular complexity index is 808. The molecule has 1 atom stereocenters. The molecule has 0 unspecified atom stereocenters. The minimum atomic E-state index is -3.60. The average molecular weight is 397 g/mol. The van der Waals surface area contributed by atoms with E-state index in [0.29, 0.717) is 18.8 Å². The highest BCUT2D eigenvalue weighted by Gasteiger charge is 2.24. The second kappa shape index (κ2) is 9.95. The Labute approximate surface area is 159 Å². The van der Waals surface area contributed by atoms with Gasteiger partial charge in [-0.25, -0.2) is 13.4 Å². The fraction of sp³-hybridized carbons (Fsp3) is 0.500. The molecule has 0 aliphatic rings. The zero-order chi connectivity index (χ0) is 19.9. The van der Waals surface area contributed by atoms with Crippen LogP contribution in [0.4, 0.5) is 0 Å². The van der Waals surface area contributed by atoms with Crippen LogP contribution < -0.4 is 0 Å². The maximum atomic E-state index is 12.7. The first kappa shape index (κ1) is 21.5. The fourth-order valence-corrected chi connectivity index (χ4v) is 4.04. The lowest BCUT2D eigenvalue weighted by atomic mass is 10.2. The summed E-state index contributed by atoms with van der Waals surface area (Å²) in [5.74, 6) is -0.145. The second-order valence-electron chi connectivity index (χ2n) is 6.45. The molecule has 27 heavy (non-hydrogen) atoms.